The minimum Gasteiger partial charge on any atom is -0.487 e. The van der Waals surface area contributed by atoms with Crippen LogP contribution in [-0.2, 0) is 19.1 Å². The number of benzene rings is 1. The molecule has 0 radical (unpaired) electrons. The predicted octanol–water partition coefficient (Wildman–Crippen LogP) is 4.24. The summed E-state index contributed by atoms with van der Waals surface area (Å²) in [4.78, 5) is 25.2. The number of Topliss-reactive ketones (excluding diaryl/α,β-unsaturated/α-hetero) is 1. The Bertz CT molecular complexity index is 896. The van der Waals surface area contributed by atoms with E-state index < -0.39 is 11.9 Å². The lowest BCUT2D eigenvalue weighted by Crippen LogP contribution is -2.31. The number of halogens is 2. The number of carbonyl (C=O) groups excluding carboxylic acids is 2. The molecule has 0 spiro atoms. The largest absolute Gasteiger partial charge is 0.487 e. The monoisotopic (exact) mass is 511 g/mol. The van der Waals surface area contributed by atoms with Crippen molar-refractivity contribution in [2.24, 2.45) is 5.73 Å². The van der Waals surface area contributed by atoms with Crippen LogP contribution in [0.3, 0.4) is 0 Å². The normalized spacial score (nSPS) is 19.1. The van der Waals surface area contributed by atoms with Gasteiger partial charge in [0.25, 0.3) is 0 Å². The van der Waals surface area contributed by atoms with Crippen LogP contribution in [0.2, 0.25) is 0 Å². The van der Waals surface area contributed by atoms with E-state index >= 15 is 0 Å². The highest BCUT2D eigenvalue weighted by Gasteiger charge is 2.41. The minimum atomic E-state index is -0.676. The van der Waals surface area contributed by atoms with Crippen molar-refractivity contribution in [3.8, 4) is 5.75 Å². The van der Waals surface area contributed by atoms with Crippen molar-refractivity contribution in [3.05, 3.63) is 62.1 Å². The maximum absolute atomic E-state index is 12.7. The van der Waals surface area contributed by atoms with Gasteiger partial charge >= 0.3 is 5.97 Å². The van der Waals surface area contributed by atoms with Gasteiger partial charge in [0.15, 0.2) is 5.78 Å². The molecule has 1 aliphatic heterocycles. The Labute approximate surface area is 179 Å². The van der Waals surface area contributed by atoms with Crippen molar-refractivity contribution in [2.75, 3.05) is 13.7 Å². The van der Waals surface area contributed by atoms with Crippen LogP contribution in [0.25, 0.3) is 0 Å². The lowest BCUT2D eigenvalue weighted by Gasteiger charge is -2.32. The number of nitrogens with two attached hydrogens (primary N) is 1. The number of rotatable bonds is 5. The molecule has 1 aromatic rings. The van der Waals surface area contributed by atoms with Crippen LogP contribution in [0.5, 0.6) is 5.75 Å². The van der Waals surface area contributed by atoms with E-state index in [-0.39, 0.29) is 17.2 Å². The Morgan fingerprint density at radius 1 is 1.36 bits per heavy atom. The molecule has 8 heteroatoms. The first-order chi connectivity index (χ1) is 13.4. The molecule has 1 atom stereocenters. The van der Waals surface area contributed by atoms with Gasteiger partial charge in [0.05, 0.1) is 22.0 Å². The summed E-state index contributed by atoms with van der Waals surface area (Å²) in [6.07, 6.45) is 3.32. The van der Waals surface area contributed by atoms with Crippen LogP contribution in [0.1, 0.15) is 30.7 Å². The summed E-state index contributed by atoms with van der Waals surface area (Å²) in [6, 6.07) is 3.61. The molecule has 0 bridgehead atoms. The smallest absolute Gasteiger partial charge is 0.340 e. The van der Waals surface area contributed by atoms with E-state index in [0.29, 0.717) is 57.5 Å². The van der Waals surface area contributed by atoms with E-state index in [1.165, 1.54) is 7.11 Å². The summed E-state index contributed by atoms with van der Waals surface area (Å²) in [5, 5.41) is 0. The first-order valence-electron chi connectivity index (χ1n) is 8.63. The molecular formula is C20H19Br2NO5. The molecular weight excluding hydrogens is 494 g/mol. The van der Waals surface area contributed by atoms with Gasteiger partial charge in [-0.05, 0) is 56.0 Å². The number of ether oxygens (including phenoxy) is 3. The van der Waals surface area contributed by atoms with E-state index in [0.717, 1.165) is 0 Å². The van der Waals surface area contributed by atoms with Crippen molar-refractivity contribution in [2.45, 2.75) is 25.2 Å². The Kier molecular flexibility index (Phi) is 6.30. The minimum absolute atomic E-state index is 0.0375. The van der Waals surface area contributed by atoms with Crippen LogP contribution < -0.4 is 10.5 Å². The van der Waals surface area contributed by atoms with E-state index in [1.54, 1.807) is 6.08 Å². The summed E-state index contributed by atoms with van der Waals surface area (Å²) in [5.74, 6) is -0.289. The maximum atomic E-state index is 12.7. The zero-order valence-corrected chi connectivity index (χ0v) is 18.4. The SMILES string of the molecule is C=CCOc1c(Br)cc([C@@H]2C(C(=O)OC)=C(N)OC3=C2C(=O)CCC3)cc1Br. The number of hydrogen-bond acceptors (Lipinski definition) is 6. The topological polar surface area (TPSA) is 87.8 Å². The van der Waals surface area contributed by atoms with Crippen molar-refractivity contribution in [1.82, 2.24) is 0 Å². The molecule has 1 aliphatic carbocycles. The number of carbonyl (C=O) groups is 2. The number of methoxy groups -OCH3 is 1. The number of allylic oxidation sites excluding steroid dienone is 2. The lowest BCUT2D eigenvalue weighted by atomic mass is 9.77. The van der Waals surface area contributed by atoms with E-state index in [4.69, 9.17) is 19.9 Å². The first-order valence-corrected chi connectivity index (χ1v) is 10.2. The van der Waals surface area contributed by atoms with Crippen molar-refractivity contribution in [3.63, 3.8) is 0 Å². The molecule has 6 nitrogen and oxygen atoms in total. The highest BCUT2D eigenvalue weighted by atomic mass is 79.9. The summed E-state index contributed by atoms with van der Waals surface area (Å²) in [5.41, 5.74) is 7.33. The molecule has 0 amide bonds. The van der Waals surface area contributed by atoms with Crippen molar-refractivity contribution in [1.29, 1.82) is 0 Å². The molecule has 2 N–H and O–H groups in total. The molecule has 0 fully saturated rings. The molecule has 0 saturated carbocycles. The highest BCUT2D eigenvalue weighted by molar-refractivity contribution is 9.11. The number of hydrogen-bond donors (Lipinski definition) is 1. The Balaban J connectivity index is 2.17. The Morgan fingerprint density at radius 2 is 2.04 bits per heavy atom. The number of ketones is 1. The molecule has 0 saturated heterocycles. The third-order valence-electron chi connectivity index (χ3n) is 4.59. The predicted molar refractivity (Wildman–Crippen MR) is 110 cm³/mol. The third kappa shape index (κ3) is 3.75. The average Bonchev–Trinajstić information content (AvgIpc) is 2.65. The molecule has 1 heterocycles. The van der Waals surface area contributed by atoms with Gasteiger partial charge in [-0.15, -0.1) is 0 Å². The van der Waals surface area contributed by atoms with Crippen LogP contribution >= 0.6 is 31.9 Å². The fourth-order valence-corrected chi connectivity index (χ4v) is 4.88. The fourth-order valence-electron chi connectivity index (χ4n) is 3.42. The van der Waals surface area contributed by atoms with Gasteiger partial charge in [0.2, 0.25) is 5.88 Å². The van der Waals surface area contributed by atoms with Crippen molar-refractivity contribution >= 4 is 43.6 Å². The molecule has 0 unspecified atom stereocenters. The zero-order chi connectivity index (χ0) is 20.4. The Morgan fingerprint density at radius 3 is 2.64 bits per heavy atom. The van der Waals surface area contributed by atoms with Crippen molar-refractivity contribution < 1.29 is 23.8 Å². The molecule has 28 heavy (non-hydrogen) atoms. The van der Waals surface area contributed by atoms with Crippen LogP contribution in [0, 0.1) is 0 Å². The standard InChI is InChI=1S/C20H19Br2NO5/c1-3-7-27-18-11(21)8-10(9-12(18)22)15-16-13(24)5-4-6-14(16)28-19(23)17(15)20(25)26-2/h3,8-9,15H,1,4-7,23H2,2H3/t15-/m0/s1. The second-order valence-corrected chi connectivity index (χ2v) is 8.04. The molecule has 1 aromatic carbocycles. The van der Waals surface area contributed by atoms with Gasteiger partial charge in [0.1, 0.15) is 23.7 Å². The van der Waals surface area contributed by atoms with Gasteiger partial charge in [-0.25, -0.2) is 4.79 Å². The van der Waals surface area contributed by atoms with Crippen LogP contribution in [0.4, 0.5) is 0 Å². The Hall–Kier alpha value is -2.06. The number of esters is 1. The third-order valence-corrected chi connectivity index (χ3v) is 5.77. The first kappa shape index (κ1) is 20.7. The molecule has 0 aromatic heterocycles. The van der Waals surface area contributed by atoms with E-state index in [1.807, 2.05) is 12.1 Å². The van der Waals surface area contributed by atoms with Gasteiger partial charge in [-0.3, -0.25) is 4.79 Å². The second kappa shape index (κ2) is 8.53. The van der Waals surface area contributed by atoms with E-state index in [9.17, 15) is 9.59 Å². The fraction of sp³-hybridized carbons (Fsp3) is 0.300. The molecule has 148 valence electrons. The van der Waals surface area contributed by atoms with Crippen LogP contribution in [0.15, 0.2) is 56.5 Å². The summed E-state index contributed by atoms with van der Waals surface area (Å²) in [7, 11) is 1.27. The second-order valence-electron chi connectivity index (χ2n) is 6.33. The zero-order valence-electron chi connectivity index (χ0n) is 15.2. The maximum Gasteiger partial charge on any atom is 0.340 e. The average molecular weight is 513 g/mol. The lowest BCUT2D eigenvalue weighted by molar-refractivity contribution is -0.136. The molecule has 3 rings (SSSR count). The summed E-state index contributed by atoms with van der Waals surface area (Å²) in [6.45, 7) is 3.98. The van der Waals surface area contributed by atoms with Gasteiger partial charge in [-0.1, -0.05) is 12.7 Å². The van der Waals surface area contributed by atoms with Gasteiger partial charge < -0.3 is 19.9 Å². The highest BCUT2D eigenvalue weighted by Crippen LogP contribution is 2.46. The summed E-state index contributed by atoms with van der Waals surface area (Å²) >= 11 is 7.00. The van der Waals surface area contributed by atoms with Crippen LogP contribution in [-0.4, -0.2) is 25.5 Å². The summed E-state index contributed by atoms with van der Waals surface area (Å²) < 4.78 is 17.5. The van der Waals surface area contributed by atoms with Gasteiger partial charge in [-0.2, -0.15) is 0 Å². The quantitative estimate of drug-likeness (QED) is 0.469. The van der Waals surface area contributed by atoms with Gasteiger partial charge in [0, 0.05) is 18.4 Å². The van der Waals surface area contributed by atoms with E-state index in [2.05, 4.69) is 38.4 Å². The molecule has 2 aliphatic rings.